The standard InChI is InChI=1S/C35H53Cl3N4O9S2Si/c1-22(2)28(41-31(46)34(6)21-53-29(42-34)24-19-52-25(40-24)18-39-32(47)51-33(3,4)5)30(45)50-23(17-27(44)48-15-16-54(7,8)9)13-11-10-12-14-26(43)49-20-35(36,37)38/h10-11,19,22-23,28H,12-18,20-21H2,1-9H3,(H,39,47)(H,41,46)/t23-,28+,34+/m1/s1. The van der Waals surface area contributed by atoms with Crippen LogP contribution in [-0.4, -0.2) is 94.1 Å². The highest BCUT2D eigenvalue weighted by atomic mass is 35.6. The van der Waals surface area contributed by atoms with Gasteiger partial charge >= 0.3 is 24.0 Å². The zero-order valence-corrected chi connectivity index (χ0v) is 37.2. The van der Waals surface area contributed by atoms with Crippen LogP contribution in [0.1, 0.15) is 77.9 Å². The van der Waals surface area contributed by atoms with Crippen LogP contribution < -0.4 is 10.6 Å². The van der Waals surface area contributed by atoms with Gasteiger partial charge in [-0.25, -0.2) is 14.6 Å². The molecule has 1 aliphatic rings. The third-order valence-corrected chi connectivity index (χ3v) is 11.5. The minimum atomic E-state index is -1.71. The van der Waals surface area contributed by atoms with Gasteiger partial charge < -0.3 is 29.6 Å². The van der Waals surface area contributed by atoms with E-state index < -0.39 is 65.1 Å². The van der Waals surface area contributed by atoms with Crippen molar-refractivity contribution >= 4 is 101 Å². The lowest BCUT2D eigenvalue weighted by Crippen LogP contribution is -2.53. The lowest BCUT2D eigenvalue weighted by Gasteiger charge is -2.27. The summed E-state index contributed by atoms with van der Waals surface area (Å²) in [4.78, 5) is 73.3. The predicted octanol–water partition coefficient (Wildman–Crippen LogP) is 7.38. The van der Waals surface area contributed by atoms with Crippen molar-refractivity contribution in [3.05, 3.63) is 28.2 Å². The van der Waals surface area contributed by atoms with Crippen LogP contribution >= 0.6 is 57.9 Å². The second-order valence-electron chi connectivity index (χ2n) is 15.5. The first-order valence-electron chi connectivity index (χ1n) is 17.5. The van der Waals surface area contributed by atoms with Crippen LogP contribution in [-0.2, 0) is 44.7 Å². The topological polar surface area (TPSA) is 172 Å². The Morgan fingerprint density at radius 2 is 1.74 bits per heavy atom. The van der Waals surface area contributed by atoms with Crippen LogP contribution in [0.2, 0.25) is 25.7 Å². The molecule has 0 bridgehead atoms. The number of nitrogens with one attached hydrogen (secondary N) is 2. The van der Waals surface area contributed by atoms with Crippen molar-refractivity contribution in [2.75, 3.05) is 19.0 Å². The largest absolute Gasteiger partial charge is 0.466 e. The van der Waals surface area contributed by atoms with E-state index in [2.05, 4.69) is 40.3 Å². The molecule has 0 radical (unpaired) electrons. The first-order valence-corrected chi connectivity index (χ1v) is 24.2. The Balaban J connectivity index is 2.08. The van der Waals surface area contributed by atoms with Crippen molar-refractivity contribution < 1.29 is 42.9 Å². The second kappa shape index (κ2) is 21.2. The molecule has 1 aromatic rings. The molecule has 1 aromatic heterocycles. The first-order chi connectivity index (χ1) is 24.9. The Morgan fingerprint density at radius 1 is 1.06 bits per heavy atom. The smallest absolute Gasteiger partial charge is 0.408 e. The number of hydrogen-bond donors (Lipinski definition) is 2. The number of aliphatic imine (C=N–C) groups is 1. The molecule has 54 heavy (non-hydrogen) atoms. The number of amides is 2. The van der Waals surface area contributed by atoms with E-state index in [1.54, 1.807) is 59.1 Å². The average Bonchev–Trinajstić information content (AvgIpc) is 3.66. The van der Waals surface area contributed by atoms with Crippen molar-refractivity contribution in [2.45, 2.75) is 127 Å². The van der Waals surface area contributed by atoms with Crippen LogP contribution in [0, 0.1) is 5.92 Å². The molecule has 0 aromatic carbocycles. The summed E-state index contributed by atoms with van der Waals surface area (Å²) >= 11 is 19.6. The van der Waals surface area contributed by atoms with Gasteiger partial charge in [0.1, 0.15) is 45.6 Å². The lowest BCUT2D eigenvalue weighted by atomic mass is 10.00. The Bertz CT molecular complexity index is 1520. The number of alkyl carbamates (subject to hydrolysis) is 1. The number of aromatic nitrogens is 1. The maximum atomic E-state index is 13.7. The first kappa shape index (κ1) is 47.8. The van der Waals surface area contributed by atoms with E-state index in [9.17, 15) is 24.0 Å². The molecule has 304 valence electrons. The van der Waals surface area contributed by atoms with Crippen molar-refractivity contribution in [3.8, 4) is 0 Å². The number of thioether (sulfide) groups is 1. The zero-order chi connectivity index (χ0) is 40.9. The molecule has 0 fully saturated rings. The van der Waals surface area contributed by atoms with E-state index in [0.29, 0.717) is 27.9 Å². The van der Waals surface area contributed by atoms with Crippen LogP contribution in [0.5, 0.6) is 0 Å². The third kappa shape index (κ3) is 19.0. The number of halogens is 3. The minimum Gasteiger partial charge on any atom is -0.466 e. The molecule has 0 unspecified atom stereocenters. The van der Waals surface area contributed by atoms with Crippen LogP contribution in [0.3, 0.4) is 0 Å². The fourth-order valence-corrected chi connectivity index (χ4v) is 7.22. The fourth-order valence-electron chi connectivity index (χ4n) is 4.42. The maximum Gasteiger partial charge on any atom is 0.408 e. The number of allylic oxidation sites excluding steroid dienone is 1. The van der Waals surface area contributed by atoms with Crippen LogP contribution in [0.4, 0.5) is 4.79 Å². The van der Waals surface area contributed by atoms with Gasteiger partial charge in [-0.05, 0) is 46.1 Å². The molecular formula is C35H53Cl3N4O9S2Si. The molecule has 2 N–H and O–H groups in total. The number of thiazole rings is 1. The van der Waals surface area contributed by atoms with Crippen LogP contribution in [0.15, 0.2) is 22.5 Å². The summed E-state index contributed by atoms with van der Waals surface area (Å²) in [6.45, 7) is 17.1. The predicted molar refractivity (Wildman–Crippen MR) is 217 cm³/mol. The normalized spacial score (nSPS) is 17.5. The van der Waals surface area contributed by atoms with Gasteiger partial charge in [0, 0.05) is 32.0 Å². The summed E-state index contributed by atoms with van der Waals surface area (Å²) in [5, 5.41) is 8.52. The number of nitrogens with zero attached hydrogens (tertiary/aromatic N) is 2. The summed E-state index contributed by atoms with van der Waals surface area (Å²) < 4.78 is 19.8. The summed E-state index contributed by atoms with van der Waals surface area (Å²) in [7, 11) is -1.45. The highest BCUT2D eigenvalue weighted by molar-refractivity contribution is 8.14. The molecule has 1 aliphatic heterocycles. The number of ether oxygens (including phenoxy) is 4. The number of carbonyl (C=O) groups is 5. The second-order valence-corrected chi connectivity index (χ2v) is 25.5. The van der Waals surface area contributed by atoms with Gasteiger partial charge in [-0.3, -0.25) is 19.4 Å². The van der Waals surface area contributed by atoms with E-state index in [-0.39, 0.29) is 44.9 Å². The minimum absolute atomic E-state index is 0.0259. The number of esters is 3. The van der Waals surface area contributed by atoms with Gasteiger partial charge in [0.15, 0.2) is 0 Å². The number of carbonyl (C=O) groups excluding carboxylic acids is 5. The van der Waals surface area contributed by atoms with E-state index in [1.807, 2.05) is 0 Å². The van der Waals surface area contributed by atoms with Crippen molar-refractivity contribution in [1.82, 2.24) is 15.6 Å². The quantitative estimate of drug-likeness (QED) is 0.0467. The van der Waals surface area contributed by atoms with Gasteiger partial charge in [0.25, 0.3) is 0 Å². The molecule has 13 nitrogen and oxygen atoms in total. The molecule has 2 rings (SSSR count). The Hall–Kier alpha value is -2.37. The molecule has 0 saturated heterocycles. The van der Waals surface area contributed by atoms with E-state index in [4.69, 9.17) is 53.8 Å². The highest BCUT2D eigenvalue weighted by Gasteiger charge is 2.42. The monoisotopic (exact) mass is 870 g/mol. The van der Waals surface area contributed by atoms with Gasteiger partial charge in [0.05, 0.1) is 19.6 Å². The SMILES string of the molecule is CC(C)[C@H](NC(=O)[C@]1(C)CSC(c2csc(CNC(=O)OC(C)(C)C)n2)=N1)C(=O)O[C@H](CC=CCCC(=O)OCC(Cl)(Cl)Cl)CC(=O)OCC[Si](C)(C)C. The van der Waals surface area contributed by atoms with Gasteiger partial charge in [0.2, 0.25) is 9.70 Å². The Labute approximate surface area is 342 Å². The summed E-state index contributed by atoms with van der Waals surface area (Å²) in [6.07, 6.45) is 2.24. The molecular weight excluding hydrogens is 819 g/mol. The van der Waals surface area contributed by atoms with Crippen molar-refractivity contribution in [3.63, 3.8) is 0 Å². The molecule has 0 saturated carbocycles. The van der Waals surface area contributed by atoms with Gasteiger partial charge in [-0.15, -0.1) is 23.1 Å². The molecule has 0 spiro atoms. The van der Waals surface area contributed by atoms with E-state index >= 15 is 0 Å². The fraction of sp³-hybridized carbons (Fsp3) is 0.686. The molecule has 0 aliphatic carbocycles. The molecule has 2 heterocycles. The Morgan fingerprint density at radius 3 is 2.35 bits per heavy atom. The average molecular weight is 872 g/mol. The summed E-state index contributed by atoms with van der Waals surface area (Å²) in [5.74, 6) is -2.28. The van der Waals surface area contributed by atoms with Gasteiger partial charge in [-0.1, -0.05) is 80.4 Å². The van der Waals surface area contributed by atoms with E-state index in [1.165, 1.54) is 23.1 Å². The van der Waals surface area contributed by atoms with Crippen molar-refractivity contribution in [2.24, 2.45) is 10.9 Å². The molecule has 2 amide bonds. The van der Waals surface area contributed by atoms with Crippen LogP contribution in [0.25, 0.3) is 0 Å². The number of rotatable bonds is 19. The van der Waals surface area contributed by atoms with E-state index in [0.717, 1.165) is 6.04 Å². The molecule has 19 heteroatoms. The van der Waals surface area contributed by atoms with Crippen molar-refractivity contribution in [1.29, 1.82) is 0 Å². The maximum absolute atomic E-state index is 13.7. The summed E-state index contributed by atoms with van der Waals surface area (Å²) in [5.41, 5.74) is -1.25. The molecule has 3 atom stereocenters. The van der Waals surface area contributed by atoms with Gasteiger partial charge in [-0.2, -0.15) is 0 Å². The number of alkyl halides is 3. The highest BCUT2D eigenvalue weighted by Crippen LogP contribution is 2.32. The number of hydrogen-bond acceptors (Lipinski definition) is 13. The third-order valence-electron chi connectivity index (χ3n) is 7.36. The summed E-state index contributed by atoms with van der Waals surface area (Å²) in [6, 6.07) is -0.250. The lowest BCUT2D eigenvalue weighted by molar-refractivity contribution is -0.158. The zero-order valence-electron chi connectivity index (χ0n) is 32.3. The Kier molecular flexibility index (Phi) is 18.8.